The summed E-state index contributed by atoms with van der Waals surface area (Å²) in [7, 11) is -3.55. The highest BCUT2D eigenvalue weighted by molar-refractivity contribution is 9.10. The van der Waals surface area contributed by atoms with Gasteiger partial charge in [-0.15, -0.1) is 0 Å². The van der Waals surface area contributed by atoms with Crippen LogP contribution in [0.1, 0.15) is 40.0 Å². The number of unbranched alkanes of at least 4 members (excludes halogenated alkanes) is 2. The maximum atomic E-state index is 12.9. The first-order valence-electron chi connectivity index (χ1n) is 8.42. The zero-order valence-electron chi connectivity index (χ0n) is 14.5. The predicted molar refractivity (Wildman–Crippen MR) is 97.9 cm³/mol. The van der Waals surface area contributed by atoms with E-state index < -0.39 is 10.0 Å². The second-order valence-electron chi connectivity index (χ2n) is 6.23. The van der Waals surface area contributed by atoms with Crippen LogP contribution in [0, 0.1) is 0 Å². The highest BCUT2D eigenvalue weighted by Crippen LogP contribution is 2.30. The average Bonchev–Trinajstić information content (AvgIpc) is 2.52. The topological polar surface area (TPSA) is 55.8 Å². The van der Waals surface area contributed by atoms with E-state index in [9.17, 15) is 8.42 Å². The molecule has 0 radical (unpaired) electrons. The van der Waals surface area contributed by atoms with Crippen LogP contribution in [0.15, 0.2) is 27.6 Å². The SMILES string of the molecule is CCCCCOc1cc(S(=O)(=O)N2C[C@@H](C)O[C@@H](C)C2)ccc1Br. The zero-order chi connectivity index (χ0) is 17.7. The van der Waals surface area contributed by atoms with Gasteiger partial charge < -0.3 is 9.47 Å². The lowest BCUT2D eigenvalue weighted by molar-refractivity contribution is -0.0440. The first kappa shape index (κ1) is 19.7. The molecule has 1 saturated heterocycles. The number of morpholine rings is 1. The van der Waals surface area contributed by atoms with Gasteiger partial charge in [0.1, 0.15) is 5.75 Å². The highest BCUT2D eigenvalue weighted by Gasteiger charge is 2.32. The summed E-state index contributed by atoms with van der Waals surface area (Å²) in [6.45, 7) is 7.24. The van der Waals surface area contributed by atoms with E-state index in [0.717, 1.165) is 23.7 Å². The third kappa shape index (κ3) is 4.94. The summed E-state index contributed by atoms with van der Waals surface area (Å²) in [6, 6.07) is 4.95. The van der Waals surface area contributed by atoms with Gasteiger partial charge in [-0.05, 0) is 48.3 Å². The molecule has 0 aromatic heterocycles. The van der Waals surface area contributed by atoms with E-state index in [1.165, 1.54) is 4.31 Å². The average molecular weight is 420 g/mol. The standard InChI is InChI=1S/C17H26BrNO4S/c1-4-5-6-9-22-17-10-15(7-8-16(17)18)24(20,21)19-11-13(2)23-14(3)12-19/h7-8,10,13-14H,4-6,9,11-12H2,1-3H3/t13-,14+. The van der Waals surface area contributed by atoms with Crippen molar-refractivity contribution < 1.29 is 17.9 Å². The lowest BCUT2D eigenvalue weighted by Crippen LogP contribution is -2.48. The van der Waals surface area contributed by atoms with Gasteiger partial charge in [0.25, 0.3) is 0 Å². The molecule has 136 valence electrons. The number of nitrogens with zero attached hydrogens (tertiary/aromatic N) is 1. The quantitative estimate of drug-likeness (QED) is 0.630. The third-order valence-electron chi connectivity index (χ3n) is 3.93. The molecule has 1 aliphatic heterocycles. The van der Waals surface area contributed by atoms with Crippen LogP contribution < -0.4 is 4.74 Å². The molecule has 2 rings (SSSR count). The van der Waals surface area contributed by atoms with Crippen molar-refractivity contribution in [1.82, 2.24) is 4.31 Å². The van der Waals surface area contributed by atoms with Crippen molar-refractivity contribution in [1.29, 1.82) is 0 Å². The zero-order valence-corrected chi connectivity index (χ0v) is 16.9. The van der Waals surface area contributed by atoms with Crippen LogP contribution in [-0.4, -0.2) is 44.6 Å². The van der Waals surface area contributed by atoms with Crippen LogP contribution in [0.5, 0.6) is 5.75 Å². The first-order chi connectivity index (χ1) is 11.3. The van der Waals surface area contributed by atoms with Crippen molar-refractivity contribution >= 4 is 26.0 Å². The Balaban J connectivity index is 2.17. The molecule has 1 aliphatic rings. The maximum Gasteiger partial charge on any atom is 0.243 e. The monoisotopic (exact) mass is 419 g/mol. The molecule has 0 spiro atoms. The summed E-state index contributed by atoms with van der Waals surface area (Å²) in [5, 5.41) is 0. The maximum absolute atomic E-state index is 12.9. The molecule has 1 fully saturated rings. The van der Waals surface area contributed by atoms with E-state index >= 15 is 0 Å². The molecule has 1 aromatic carbocycles. The van der Waals surface area contributed by atoms with Gasteiger partial charge in [-0.1, -0.05) is 19.8 Å². The van der Waals surface area contributed by atoms with Crippen LogP contribution in [-0.2, 0) is 14.8 Å². The number of hydrogen-bond acceptors (Lipinski definition) is 4. The molecule has 0 aliphatic carbocycles. The van der Waals surface area contributed by atoms with Gasteiger partial charge in [0.15, 0.2) is 0 Å². The molecule has 0 unspecified atom stereocenters. The fourth-order valence-electron chi connectivity index (χ4n) is 2.76. The molecular weight excluding hydrogens is 394 g/mol. The van der Waals surface area contributed by atoms with Crippen molar-refractivity contribution in [2.45, 2.75) is 57.1 Å². The normalized spacial score (nSPS) is 22.5. The smallest absolute Gasteiger partial charge is 0.243 e. The van der Waals surface area contributed by atoms with Gasteiger partial charge in [0.05, 0.1) is 28.2 Å². The Morgan fingerprint density at radius 2 is 1.92 bits per heavy atom. The molecule has 5 nitrogen and oxygen atoms in total. The molecule has 7 heteroatoms. The van der Waals surface area contributed by atoms with E-state index in [0.29, 0.717) is 25.4 Å². The molecular formula is C17H26BrNO4S. The fourth-order valence-corrected chi connectivity index (χ4v) is 4.73. The number of hydrogen-bond donors (Lipinski definition) is 0. The number of halogens is 1. The minimum atomic E-state index is -3.55. The van der Waals surface area contributed by atoms with E-state index in [1.807, 2.05) is 13.8 Å². The van der Waals surface area contributed by atoms with Crippen molar-refractivity contribution in [2.75, 3.05) is 19.7 Å². The van der Waals surface area contributed by atoms with E-state index in [2.05, 4.69) is 22.9 Å². The predicted octanol–water partition coefficient (Wildman–Crippen LogP) is 3.82. The Bertz CT molecular complexity index is 640. The summed E-state index contributed by atoms with van der Waals surface area (Å²) in [4.78, 5) is 0.262. The van der Waals surface area contributed by atoms with Crippen molar-refractivity contribution in [3.8, 4) is 5.75 Å². The molecule has 2 atom stereocenters. The Hall–Kier alpha value is -0.630. The van der Waals surface area contributed by atoms with Crippen LogP contribution in [0.4, 0.5) is 0 Å². The van der Waals surface area contributed by atoms with Crippen molar-refractivity contribution in [3.63, 3.8) is 0 Å². The largest absolute Gasteiger partial charge is 0.492 e. The Labute approximate surface area is 153 Å². The van der Waals surface area contributed by atoms with Crippen molar-refractivity contribution in [3.05, 3.63) is 22.7 Å². The molecule has 24 heavy (non-hydrogen) atoms. The molecule has 1 aromatic rings. The Morgan fingerprint density at radius 1 is 1.25 bits per heavy atom. The number of benzene rings is 1. The lowest BCUT2D eigenvalue weighted by Gasteiger charge is -2.34. The van der Waals surface area contributed by atoms with E-state index in [1.54, 1.807) is 18.2 Å². The number of ether oxygens (including phenoxy) is 2. The van der Waals surface area contributed by atoms with Crippen LogP contribution in [0.25, 0.3) is 0 Å². The molecule has 0 bridgehead atoms. The van der Waals surface area contributed by atoms with Crippen LogP contribution in [0.3, 0.4) is 0 Å². The second kappa shape index (κ2) is 8.65. The second-order valence-corrected chi connectivity index (χ2v) is 9.02. The summed E-state index contributed by atoms with van der Waals surface area (Å²) in [5.41, 5.74) is 0. The Kier molecular flexibility index (Phi) is 7.10. The molecule has 0 amide bonds. The first-order valence-corrected chi connectivity index (χ1v) is 10.7. The van der Waals surface area contributed by atoms with E-state index in [4.69, 9.17) is 9.47 Å². The fraction of sp³-hybridized carbons (Fsp3) is 0.647. The van der Waals surface area contributed by atoms with Gasteiger partial charge >= 0.3 is 0 Å². The minimum absolute atomic E-state index is 0.108. The molecule has 1 heterocycles. The summed E-state index contributed by atoms with van der Waals surface area (Å²) in [5.74, 6) is 0.571. The van der Waals surface area contributed by atoms with Gasteiger partial charge in [0.2, 0.25) is 10.0 Å². The van der Waals surface area contributed by atoms with Crippen LogP contribution in [0.2, 0.25) is 0 Å². The summed E-state index contributed by atoms with van der Waals surface area (Å²) < 4.78 is 39.5. The third-order valence-corrected chi connectivity index (χ3v) is 6.41. The summed E-state index contributed by atoms with van der Waals surface area (Å²) in [6.07, 6.45) is 2.96. The molecule has 0 saturated carbocycles. The van der Waals surface area contributed by atoms with E-state index in [-0.39, 0.29) is 17.1 Å². The van der Waals surface area contributed by atoms with Gasteiger partial charge in [-0.2, -0.15) is 4.31 Å². The van der Waals surface area contributed by atoms with Gasteiger partial charge in [-0.3, -0.25) is 0 Å². The van der Waals surface area contributed by atoms with Crippen LogP contribution >= 0.6 is 15.9 Å². The Morgan fingerprint density at radius 3 is 2.54 bits per heavy atom. The number of sulfonamides is 1. The lowest BCUT2D eigenvalue weighted by atomic mass is 10.3. The number of rotatable bonds is 7. The summed E-state index contributed by atoms with van der Waals surface area (Å²) >= 11 is 3.43. The van der Waals surface area contributed by atoms with Gasteiger partial charge in [0, 0.05) is 19.2 Å². The van der Waals surface area contributed by atoms with Gasteiger partial charge in [-0.25, -0.2) is 8.42 Å². The minimum Gasteiger partial charge on any atom is -0.492 e. The molecule has 0 N–H and O–H groups in total. The van der Waals surface area contributed by atoms with Crippen molar-refractivity contribution in [2.24, 2.45) is 0 Å². The highest BCUT2D eigenvalue weighted by atomic mass is 79.9.